The zero-order valence-corrected chi connectivity index (χ0v) is 20.9. The number of nitrogens with one attached hydrogen (secondary N) is 2. The Hall–Kier alpha value is -4.21. The van der Waals surface area contributed by atoms with Crippen molar-refractivity contribution in [2.45, 2.75) is 39.2 Å². The van der Waals surface area contributed by atoms with Crippen molar-refractivity contribution < 1.29 is 18.7 Å². The van der Waals surface area contributed by atoms with Crippen LogP contribution < -0.4 is 15.5 Å². The lowest BCUT2D eigenvalue weighted by Crippen LogP contribution is -2.34. The van der Waals surface area contributed by atoms with Gasteiger partial charge < -0.3 is 19.8 Å². The summed E-state index contributed by atoms with van der Waals surface area (Å²) in [6, 6.07) is 7.12. The number of pyridine rings is 2. The summed E-state index contributed by atoms with van der Waals surface area (Å²) >= 11 is 0. The van der Waals surface area contributed by atoms with Gasteiger partial charge in [-0.3, -0.25) is 9.69 Å². The molecule has 2 amide bonds. The molecule has 1 fully saturated rings. The molecular weight excluding hydrogens is 460 g/mol. The van der Waals surface area contributed by atoms with E-state index in [1.54, 1.807) is 44.7 Å². The molecule has 4 aromatic rings. The molecule has 1 saturated carbocycles. The van der Waals surface area contributed by atoms with Gasteiger partial charge in [0.05, 0.1) is 5.56 Å². The molecule has 0 bridgehead atoms. The molecule has 1 aromatic carbocycles. The average molecular weight is 489 g/mol. The number of aromatic nitrogens is 3. The molecule has 0 aliphatic heterocycles. The van der Waals surface area contributed by atoms with Crippen LogP contribution in [0.3, 0.4) is 0 Å². The number of rotatable bonds is 5. The van der Waals surface area contributed by atoms with E-state index in [1.165, 1.54) is 4.90 Å². The van der Waals surface area contributed by atoms with Crippen molar-refractivity contribution in [2.75, 3.05) is 29.6 Å². The minimum Gasteiger partial charge on any atom is -0.443 e. The third-order valence-electron chi connectivity index (χ3n) is 5.86. The first-order valence-corrected chi connectivity index (χ1v) is 11.8. The summed E-state index contributed by atoms with van der Waals surface area (Å²) in [7, 11) is 3.43. The molecule has 1 aliphatic carbocycles. The van der Waals surface area contributed by atoms with Gasteiger partial charge in [-0.05, 0) is 57.9 Å². The quantitative estimate of drug-likeness (QED) is 0.393. The Morgan fingerprint density at radius 3 is 2.58 bits per heavy atom. The second kappa shape index (κ2) is 8.78. The number of nitrogens with zero attached hydrogens (tertiary/aromatic N) is 4. The molecule has 0 atom stereocenters. The molecule has 36 heavy (non-hydrogen) atoms. The highest BCUT2D eigenvalue weighted by Gasteiger charge is 2.30. The number of fused-ring (bicyclic) bond motifs is 2. The summed E-state index contributed by atoms with van der Waals surface area (Å²) in [5.74, 6) is 1.53. The van der Waals surface area contributed by atoms with Gasteiger partial charge in [0.1, 0.15) is 22.8 Å². The van der Waals surface area contributed by atoms with E-state index >= 15 is 0 Å². The fourth-order valence-electron chi connectivity index (χ4n) is 3.82. The van der Waals surface area contributed by atoms with Crippen LogP contribution in [0.5, 0.6) is 0 Å². The van der Waals surface area contributed by atoms with Crippen LogP contribution >= 0.6 is 0 Å². The lowest BCUT2D eigenvalue weighted by atomic mass is 10.1. The van der Waals surface area contributed by atoms with Crippen molar-refractivity contribution >= 4 is 51.2 Å². The fourth-order valence-corrected chi connectivity index (χ4v) is 3.82. The van der Waals surface area contributed by atoms with Crippen LogP contribution in [-0.2, 0) is 9.53 Å². The van der Waals surface area contributed by atoms with Gasteiger partial charge in [-0.2, -0.15) is 0 Å². The molecule has 0 unspecified atom stereocenters. The van der Waals surface area contributed by atoms with Gasteiger partial charge in [0.15, 0.2) is 5.58 Å². The molecule has 0 saturated heterocycles. The smallest absolute Gasteiger partial charge is 0.414 e. The Morgan fingerprint density at radius 2 is 1.89 bits per heavy atom. The molecule has 10 heteroatoms. The van der Waals surface area contributed by atoms with Crippen molar-refractivity contribution in [1.82, 2.24) is 15.0 Å². The predicted molar refractivity (Wildman–Crippen MR) is 138 cm³/mol. The summed E-state index contributed by atoms with van der Waals surface area (Å²) in [6.07, 6.45) is 4.71. The number of carbonyl (C=O) groups is 2. The number of oxazole rings is 1. The van der Waals surface area contributed by atoms with Gasteiger partial charge in [-0.25, -0.2) is 19.7 Å². The normalized spacial score (nSPS) is 13.6. The van der Waals surface area contributed by atoms with Gasteiger partial charge in [-0.1, -0.05) is 0 Å². The monoisotopic (exact) mass is 488 g/mol. The fraction of sp³-hybridized carbons (Fsp3) is 0.346. The number of benzene rings is 1. The lowest BCUT2D eigenvalue weighted by Gasteiger charge is -2.24. The van der Waals surface area contributed by atoms with Crippen LogP contribution in [-0.4, -0.2) is 46.6 Å². The molecular formula is C26H28N6O4. The zero-order chi connectivity index (χ0) is 25.6. The van der Waals surface area contributed by atoms with Crippen LogP contribution in [0.4, 0.5) is 22.1 Å². The van der Waals surface area contributed by atoms with Crippen LogP contribution in [0.25, 0.3) is 33.3 Å². The first kappa shape index (κ1) is 23.5. The topological polar surface area (TPSA) is 122 Å². The summed E-state index contributed by atoms with van der Waals surface area (Å²) in [4.78, 5) is 39.8. The van der Waals surface area contributed by atoms with E-state index in [-0.39, 0.29) is 11.8 Å². The van der Waals surface area contributed by atoms with Gasteiger partial charge in [0.2, 0.25) is 11.8 Å². The summed E-state index contributed by atoms with van der Waals surface area (Å²) in [6.45, 7) is 5.46. The Kier molecular flexibility index (Phi) is 5.74. The summed E-state index contributed by atoms with van der Waals surface area (Å²) in [5, 5.41) is 7.52. The van der Waals surface area contributed by atoms with Crippen molar-refractivity contribution in [2.24, 2.45) is 5.92 Å². The van der Waals surface area contributed by atoms with Gasteiger partial charge in [0.25, 0.3) is 0 Å². The number of ether oxygens (including phenoxy) is 1. The van der Waals surface area contributed by atoms with E-state index in [0.717, 1.165) is 23.6 Å². The zero-order valence-electron chi connectivity index (χ0n) is 20.9. The molecule has 2 N–H and O–H groups in total. The number of hydrogen-bond donors (Lipinski definition) is 2. The number of amides is 2. The Bertz CT molecular complexity index is 1490. The van der Waals surface area contributed by atoms with Crippen LogP contribution in [0.15, 0.2) is 41.1 Å². The summed E-state index contributed by atoms with van der Waals surface area (Å²) in [5.41, 5.74) is 1.83. The first-order chi connectivity index (χ1) is 17.1. The van der Waals surface area contributed by atoms with Crippen molar-refractivity contribution in [3.63, 3.8) is 0 Å². The van der Waals surface area contributed by atoms with Crippen molar-refractivity contribution in [1.29, 1.82) is 0 Å². The van der Waals surface area contributed by atoms with E-state index in [1.807, 2.05) is 26.8 Å². The molecule has 1 aliphatic rings. The highest BCUT2D eigenvalue weighted by Crippen LogP contribution is 2.35. The van der Waals surface area contributed by atoms with Crippen LogP contribution in [0, 0.1) is 5.92 Å². The van der Waals surface area contributed by atoms with Crippen LogP contribution in [0.2, 0.25) is 0 Å². The Labute approximate surface area is 208 Å². The molecule has 10 nitrogen and oxygen atoms in total. The SMILES string of the molecule is CNc1ncc(-c2nc3cc(N(C)C(=O)OC(C)(C)C)ccc3o2)c2cc(NC(=O)C3CC3)ncc12. The molecule has 0 spiro atoms. The predicted octanol–water partition coefficient (Wildman–Crippen LogP) is 5.20. The highest BCUT2D eigenvalue weighted by atomic mass is 16.6. The van der Waals surface area contributed by atoms with Crippen molar-refractivity contribution in [3.05, 3.63) is 36.7 Å². The van der Waals surface area contributed by atoms with Crippen molar-refractivity contribution in [3.8, 4) is 11.5 Å². The molecule has 5 rings (SSSR count). The largest absolute Gasteiger partial charge is 0.443 e. The highest BCUT2D eigenvalue weighted by molar-refractivity contribution is 6.03. The summed E-state index contributed by atoms with van der Waals surface area (Å²) < 4.78 is 11.5. The maximum atomic E-state index is 12.5. The first-order valence-electron chi connectivity index (χ1n) is 11.8. The molecule has 0 radical (unpaired) electrons. The Morgan fingerprint density at radius 1 is 1.11 bits per heavy atom. The van der Waals surface area contributed by atoms with E-state index in [0.29, 0.717) is 39.9 Å². The van der Waals surface area contributed by atoms with E-state index in [4.69, 9.17) is 9.15 Å². The Balaban J connectivity index is 1.52. The number of carbonyl (C=O) groups excluding carboxylic acids is 2. The maximum Gasteiger partial charge on any atom is 0.414 e. The van der Waals surface area contributed by atoms with Gasteiger partial charge in [0, 0.05) is 48.9 Å². The third-order valence-corrected chi connectivity index (χ3v) is 5.86. The molecule has 3 heterocycles. The standard InChI is InChI=1S/C26H28N6O4/c1-26(2,3)36-25(34)32(5)15-8-9-20-19(10-15)30-24(35-20)18-13-29-22(27-4)17-12-28-21(11-16(17)18)31-23(33)14-6-7-14/h8-14H,6-7H2,1-5H3,(H,27,29)(H,28,31,33). The van der Waals surface area contributed by atoms with E-state index < -0.39 is 11.7 Å². The van der Waals surface area contributed by atoms with Crippen LogP contribution in [0.1, 0.15) is 33.6 Å². The maximum absolute atomic E-state index is 12.5. The number of anilines is 3. The van der Waals surface area contributed by atoms with E-state index in [2.05, 4.69) is 25.6 Å². The molecule has 3 aromatic heterocycles. The third kappa shape index (κ3) is 4.66. The van der Waals surface area contributed by atoms with Gasteiger partial charge >= 0.3 is 6.09 Å². The minimum absolute atomic E-state index is 0.0187. The average Bonchev–Trinajstić information content (AvgIpc) is 3.60. The second-order valence-corrected chi connectivity index (χ2v) is 9.86. The number of hydrogen-bond acceptors (Lipinski definition) is 8. The second-order valence-electron chi connectivity index (χ2n) is 9.86. The molecule has 186 valence electrons. The van der Waals surface area contributed by atoms with Gasteiger partial charge in [-0.15, -0.1) is 0 Å². The minimum atomic E-state index is -0.601. The lowest BCUT2D eigenvalue weighted by molar-refractivity contribution is -0.117. The van der Waals surface area contributed by atoms with E-state index in [9.17, 15) is 9.59 Å².